The lowest BCUT2D eigenvalue weighted by molar-refractivity contribution is -0.130. The number of anilines is 1. The number of ether oxygens (including phenoxy) is 1. The zero-order valence-corrected chi connectivity index (χ0v) is 29.4. The molecule has 1 amide bonds. The molecule has 0 aliphatic carbocycles. The van der Waals surface area contributed by atoms with Crippen LogP contribution in [0.3, 0.4) is 0 Å². The zero-order valence-electron chi connectivity index (χ0n) is 29.4. The lowest BCUT2D eigenvalue weighted by Crippen LogP contribution is -2.48. The van der Waals surface area contributed by atoms with Crippen molar-refractivity contribution in [2.45, 2.75) is 69.1 Å². The molecular weight excluding hydrogens is 676 g/mol. The van der Waals surface area contributed by atoms with Gasteiger partial charge in [-0.25, -0.2) is 17.6 Å². The van der Waals surface area contributed by atoms with Gasteiger partial charge in [0.15, 0.2) is 5.82 Å². The number of amides is 1. The van der Waals surface area contributed by atoms with E-state index in [1.54, 1.807) is 19.9 Å². The first-order valence-corrected chi connectivity index (χ1v) is 17.4. The maximum absolute atomic E-state index is 17.1. The number of hydrogen-bond acceptors (Lipinski definition) is 8. The van der Waals surface area contributed by atoms with Gasteiger partial charge in [-0.3, -0.25) is 14.7 Å². The molecule has 7 rings (SSSR count). The van der Waals surface area contributed by atoms with Gasteiger partial charge in [0.2, 0.25) is 5.91 Å². The van der Waals surface area contributed by atoms with E-state index in [1.165, 1.54) is 36.3 Å². The minimum Gasteiger partial charge on any atom is -0.461 e. The molecule has 4 aromatic rings. The van der Waals surface area contributed by atoms with E-state index in [4.69, 9.17) is 11.2 Å². The van der Waals surface area contributed by atoms with Crippen LogP contribution in [0.2, 0.25) is 0 Å². The van der Waals surface area contributed by atoms with Gasteiger partial charge < -0.3 is 19.6 Å². The van der Waals surface area contributed by atoms with E-state index in [-0.39, 0.29) is 70.2 Å². The van der Waals surface area contributed by atoms with Gasteiger partial charge in [-0.15, -0.1) is 6.42 Å². The minimum atomic E-state index is -3.20. The van der Waals surface area contributed by atoms with Gasteiger partial charge in [-0.2, -0.15) is 9.97 Å². The smallest absolute Gasteiger partial charge is 0.319 e. The SMILES string of the molecule is C#Cc1c(F)ccc2cc(C(C)(C)O)cc(-c3ncc4c(N(C)C[C@H]5N(C(=O)C=C)CCC5(F)F)nc(OCC56CCCN5CCC6)nc4c3F)c12. The summed E-state index contributed by atoms with van der Waals surface area (Å²) in [6, 6.07) is 4.23. The van der Waals surface area contributed by atoms with E-state index in [0.29, 0.717) is 10.9 Å². The van der Waals surface area contributed by atoms with Gasteiger partial charge >= 0.3 is 6.01 Å². The molecule has 2 aromatic heterocycles. The van der Waals surface area contributed by atoms with Gasteiger partial charge in [0.05, 0.1) is 22.1 Å². The third-order valence-electron chi connectivity index (χ3n) is 10.9. The van der Waals surface area contributed by atoms with Gasteiger partial charge in [0, 0.05) is 43.7 Å². The molecule has 13 heteroatoms. The molecule has 3 saturated heterocycles. The van der Waals surface area contributed by atoms with Crippen molar-refractivity contribution in [2.75, 3.05) is 44.7 Å². The van der Waals surface area contributed by atoms with Crippen LogP contribution < -0.4 is 9.64 Å². The molecule has 1 N–H and O–H groups in total. The van der Waals surface area contributed by atoms with Crippen molar-refractivity contribution in [2.24, 2.45) is 0 Å². The predicted molar refractivity (Wildman–Crippen MR) is 190 cm³/mol. The number of hydrogen-bond donors (Lipinski definition) is 1. The summed E-state index contributed by atoms with van der Waals surface area (Å²) < 4.78 is 69.0. The number of halogens is 4. The number of aliphatic hydroxyl groups is 1. The Kier molecular flexibility index (Phi) is 8.90. The summed E-state index contributed by atoms with van der Waals surface area (Å²) in [4.78, 5) is 31.1. The number of fused-ring (bicyclic) bond motifs is 3. The van der Waals surface area contributed by atoms with Gasteiger partial charge in [-0.1, -0.05) is 18.6 Å². The van der Waals surface area contributed by atoms with Crippen LogP contribution in [-0.2, 0) is 10.4 Å². The zero-order chi connectivity index (χ0) is 37.2. The van der Waals surface area contributed by atoms with Gasteiger partial charge in [0.25, 0.3) is 5.92 Å². The summed E-state index contributed by atoms with van der Waals surface area (Å²) in [5.41, 5.74) is -1.55. The molecule has 52 heavy (non-hydrogen) atoms. The minimum absolute atomic E-state index is 0.0734. The van der Waals surface area contributed by atoms with E-state index >= 15 is 17.6 Å². The second kappa shape index (κ2) is 13.0. The van der Waals surface area contributed by atoms with E-state index < -0.39 is 41.5 Å². The standard InChI is InChI=1S/C39H40F4N6O3/c1-6-25-28(40)11-10-23-18-24(37(3,4)51)19-26(31(23)25)33-32(41)34-27(20-44-33)35(47(5)21-29-39(42,43)14-17-49(29)30(50)7-2)46-36(45-34)52-22-38-12-8-15-48(38)16-9-13-38/h1,7,10-11,18-20,29,51H,2,8-9,12-17,21-22H2,3-5H3/t29-/m1/s1. The summed E-state index contributed by atoms with van der Waals surface area (Å²) in [5, 5.41) is 11.7. The fraction of sp³-hybridized carbons (Fsp3) is 0.436. The van der Waals surface area contributed by atoms with E-state index in [1.807, 2.05) is 0 Å². The van der Waals surface area contributed by atoms with Crippen LogP contribution >= 0.6 is 0 Å². The first-order valence-electron chi connectivity index (χ1n) is 17.4. The van der Waals surface area contributed by atoms with Crippen molar-refractivity contribution in [1.82, 2.24) is 24.8 Å². The summed E-state index contributed by atoms with van der Waals surface area (Å²) in [6.45, 7) is 8.27. The highest BCUT2D eigenvalue weighted by Gasteiger charge is 2.51. The van der Waals surface area contributed by atoms with Crippen molar-refractivity contribution in [1.29, 1.82) is 0 Å². The fourth-order valence-electron chi connectivity index (χ4n) is 8.13. The Morgan fingerprint density at radius 1 is 1.17 bits per heavy atom. The van der Waals surface area contributed by atoms with E-state index in [9.17, 15) is 9.90 Å². The normalized spacial score (nSPS) is 19.6. The average molecular weight is 717 g/mol. The highest BCUT2D eigenvalue weighted by atomic mass is 19.3. The summed E-state index contributed by atoms with van der Waals surface area (Å²) in [5.74, 6) is -2.96. The summed E-state index contributed by atoms with van der Waals surface area (Å²) in [7, 11) is 1.53. The third kappa shape index (κ3) is 6.01. The van der Waals surface area contributed by atoms with Crippen molar-refractivity contribution < 1.29 is 32.2 Å². The number of nitrogens with zero attached hydrogens (tertiary/aromatic N) is 6. The number of likely N-dealkylation sites (tertiary alicyclic amines) is 1. The maximum Gasteiger partial charge on any atom is 0.319 e. The average Bonchev–Trinajstić information content (AvgIpc) is 3.78. The molecule has 272 valence electrons. The lowest BCUT2D eigenvalue weighted by atomic mass is 9.89. The molecule has 3 fully saturated rings. The number of rotatable bonds is 9. The number of carbonyl (C=O) groups is 1. The topological polar surface area (TPSA) is 94.9 Å². The van der Waals surface area contributed by atoms with Crippen molar-refractivity contribution in [3.8, 4) is 29.6 Å². The van der Waals surface area contributed by atoms with Crippen LogP contribution in [0.5, 0.6) is 6.01 Å². The van der Waals surface area contributed by atoms with E-state index in [0.717, 1.165) is 49.7 Å². The molecule has 0 spiro atoms. The molecule has 2 aromatic carbocycles. The Balaban J connectivity index is 1.39. The number of pyridine rings is 1. The highest BCUT2D eigenvalue weighted by Crippen LogP contribution is 2.42. The third-order valence-corrected chi connectivity index (χ3v) is 10.9. The lowest BCUT2D eigenvalue weighted by Gasteiger charge is -2.32. The Morgan fingerprint density at radius 2 is 1.90 bits per heavy atom. The Hall–Kier alpha value is -4.80. The number of likely N-dealkylation sites (N-methyl/N-ethyl adjacent to an activating group) is 1. The molecule has 0 radical (unpaired) electrons. The molecule has 9 nitrogen and oxygen atoms in total. The number of carbonyl (C=O) groups excluding carboxylic acids is 1. The first-order chi connectivity index (χ1) is 24.7. The second-order valence-corrected chi connectivity index (χ2v) is 14.6. The van der Waals surface area contributed by atoms with Crippen LogP contribution in [-0.4, -0.2) is 93.1 Å². The number of alkyl halides is 2. The van der Waals surface area contributed by atoms with Crippen LogP contribution in [0.1, 0.15) is 57.1 Å². The van der Waals surface area contributed by atoms with Crippen molar-refractivity contribution >= 4 is 33.4 Å². The predicted octanol–water partition coefficient (Wildman–Crippen LogP) is 6.20. The van der Waals surface area contributed by atoms with Gasteiger partial charge in [-0.05, 0) is 87.8 Å². The molecule has 0 unspecified atom stereocenters. The number of benzene rings is 2. The summed E-state index contributed by atoms with van der Waals surface area (Å²) >= 11 is 0. The summed E-state index contributed by atoms with van der Waals surface area (Å²) in [6.07, 6.45) is 11.5. The van der Waals surface area contributed by atoms with Crippen LogP contribution in [0, 0.1) is 24.0 Å². The molecule has 0 saturated carbocycles. The molecular formula is C39H40F4N6O3. The number of terminal acetylenes is 1. The largest absolute Gasteiger partial charge is 0.461 e. The second-order valence-electron chi connectivity index (χ2n) is 14.6. The molecule has 3 aliphatic rings. The van der Waals surface area contributed by atoms with Crippen LogP contribution in [0.25, 0.3) is 32.9 Å². The molecule has 1 atom stereocenters. The highest BCUT2D eigenvalue weighted by molar-refractivity contribution is 6.02. The van der Waals surface area contributed by atoms with Crippen LogP contribution in [0.15, 0.2) is 43.1 Å². The Morgan fingerprint density at radius 3 is 2.58 bits per heavy atom. The monoisotopic (exact) mass is 716 g/mol. The maximum atomic E-state index is 17.1. The molecule has 0 bridgehead atoms. The Labute approximate surface area is 299 Å². The quantitative estimate of drug-likeness (QED) is 0.125. The Bertz CT molecular complexity index is 2140. The van der Waals surface area contributed by atoms with Crippen molar-refractivity contribution in [3.05, 3.63) is 65.9 Å². The first kappa shape index (κ1) is 35.6. The fourth-order valence-corrected chi connectivity index (χ4v) is 8.13. The molecule has 3 aliphatic heterocycles. The van der Waals surface area contributed by atoms with Crippen molar-refractivity contribution in [3.63, 3.8) is 0 Å². The van der Waals surface area contributed by atoms with E-state index in [2.05, 4.69) is 32.4 Å². The molecule has 5 heterocycles. The van der Waals surface area contributed by atoms with Gasteiger partial charge in [0.1, 0.15) is 35.5 Å². The van der Waals surface area contributed by atoms with Crippen LogP contribution in [0.4, 0.5) is 23.4 Å². The number of aromatic nitrogens is 3.